The maximum atomic E-state index is 12.1. The van der Waals surface area contributed by atoms with Crippen molar-refractivity contribution in [3.63, 3.8) is 0 Å². The number of hydrogen-bond donors (Lipinski definition) is 1. The number of rotatable bonds is 2. The minimum atomic E-state index is -0.286. The van der Waals surface area contributed by atoms with E-state index in [1.165, 1.54) is 18.2 Å². The molecule has 1 aliphatic heterocycles. The molecule has 3 atom stereocenters. The van der Waals surface area contributed by atoms with Crippen LogP contribution in [0.3, 0.4) is 0 Å². The van der Waals surface area contributed by atoms with E-state index in [1.807, 2.05) is 13.0 Å². The molecule has 25 heavy (non-hydrogen) atoms. The Morgan fingerprint density at radius 2 is 1.96 bits per heavy atom. The van der Waals surface area contributed by atoms with Gasteiger partial charge in [-0.2, -0.15) is 0 Å². The molecule has 4 heteroatoms. The average Bonchev–Trinajstić information content (AvgIpc) is 3.12. The number of allylic oxidation sites excluding steroid dienone is 2. The minimum absolute atomic E-state index is 0.229. The van der Waals surface area contributed by atoms with Gasteiger partial charge in [0.15, 0.2) is 0 Å². The van der Waals surface area contributed by atoms with Crippen molar-refractivity contribution in [2.45, 2.75) is 25.3 Å². The van der Waals surface area contributed by atoms with Crippen molar-refractivity contribution in [3.05, 3.63) is 75.3 Å². The van der Waals surface area contributed by atoms with E-state index in [0.29, 0.717) is 17.4 Å². The third kappa shape index (κ3) is 2.69. The molecular formula is C21H20BrNO2. The van der Waals surface area contributed by atoms with E-state index < -0.39 is 0 Å². The summed E-state index contributed by atoms with van der Waals surface area (Å²) < 4.78 is 6.01. The first-order valence-corrected chi connectivity index (χ1v) is 9.30. The molecule has 0 fully saturated rings. The van der Waals surface area contributed by atoms with Gasteiger partial charge in [0, 0.05) is 16.1 Å². The fourth-order valence-electron chi connectivity index (χ4n) is 4.15. The molecule has 0 spiro atoms. The summed E-state index contributed by atoms with van der Waals surface area (Å²) in [4.78, 5) is 12.1. The molecule has 1 heterocycles. The summed E-state index contributed by atoms with van der Waals surface area (Å²) in [6.45, 7) is 2.00. The summed E-state index contributed by atoms with van der Waals surface area (Å²) in [7, 11) is 1.43. The molecule has 3 nitrogen and oxygen atoms in total. The van der Waals surface area contributed by atoms with Crippen molar-refractivity contribution >= 4 is 27.6 Å². The van der Waals surface area contributed by atoms with Crippen molar-refractivity contribution < 1.29 is 9.53 Å². The van der Waals surface area contributed by atoms with Crippen LogP contribution < -0.4 is 5.32 Å². The zero-order valence-electron chi connectivity index (χ0n) is 14.3. The van der Waals surface area contributed by atoms with Crippen molar-refractivity contribution in [1.82, 2.24) is 0 Å². The zero-order valence-corrected chi connectivity index (χ0v) is 15.8. The first kappa shape index (κ1) is 16.4. The highest BCUT2D eigenvalue weighted by molar-refractivity contribution is 9.10. The van der Waals surface area contributed by atoms with Crippen molar-refractivity contribution in [1.29, 1.82) is 0 Å². The van der Waals surface area contributed by atoms with Crippen LogP contribution in [0.4, 0.5) is 5.69 Å². The SMILES string of the molecule is COC(=O)c1ccc2c(c1C)N[C@@H](c1ccc(Br)cc1)[C@H]1CC=C[C@H]21. The second-order valence-corrected chi connectivity index (χ2v) is 7.64. The van der Waals surface area contributed by atoms with Gasteiger partial charge in [-0.15, -0.1) is 0 Å². The molecule has 0 radical (unpaired) electrons. The van der Waals surface area contributed by atoms with Gasteiger partial charge in [-0.3, -0.25) is 0 Å². The third-order valence-electron chi connectivity index (χ3n) is 5.43. The Balaban J connectivity index is 1.81. The van der Waals surface area contributed by atoms with Crippen LogP contribution in [-0.4, -0.2) is 13.1 Å². The number of benzene rings is 2. The normalized spacial score (nSPS) is 23.6. The van der Waals surface area contributed by atoms with Crippen LogP contribution in [0, 0.1) is 12.8 Å². The lowest BCUT2D eigenvalue weighted by Crippen LogP contribution is -2.30. The summed E-state index contributed by atoms with van der Waals surface area (Å²) in [5, 5.41) is 3.73. The number of carbonyl (C=O) groups is 1. The second-order valence-electron chi connectivity index (χ2n) is 6.72. The molecule has 1 N–H and O–H groups in total. The number of fused-ring (bicyclic) bond motifs is 3. The molecule has 0 saturated heterocycles. The Kier molecular flexibility index (Phi) is 4.16. The van der Waals surface area contributed by atoms with Gasteiger partial charge in [-0.25, -0.2) is 4.79 Å². The van der Waals surface area contributed by atoms with Crippen LogP contribution in [0.15, 0.2) is 53.0 Å². The second kappa shape index (κ2) is 6.34. The molecule has 4 rings (SSSR count). The highest BCUT2D eigenvalue weighted by Gasteiger charge is 2.38. The maximum Gasteiger partial charge on any atom is 0.338 e. The van der Waals surface area contributed by atoms with Gasteiger partial charge in [0.2, 0.25) is 0 Å². The largest absolute Gasteiger partial charge is 0.465 e. The van der Waals surface area contributed by atoms with Gasteiger partial charge < -0.3 is 10.1 Å². The van der Waals surface area contributed by atoms with Crippen LogP contribution in [0.25, 0.3) is 0 Å². The molecule has 2 aromatic carbocycles. The van der Waals surface area contributed by atoms with Gasteiger partial charge in [0.05, 0.1) is 18.7 Å². The lowest BCUT2D eigenvalue weighted by molar-refractivity contribution is 0.0600. The zero-order chi connectivity index (χ0) is 17.6. The first-order chi connectivity index (χ1) is 12.1. The molecule has 1 aliphatic carbocycles. The molecule has 0 bridgehead atoms. The van der Waals surface area contributed by atoms with Gasteiger partial charge in [-0.05, 0) is 54.2 Å². The minimum Gasteiger partial charge on any atom is -0.465 e. The van der Waals surface area contributed by atoms with Gasteiger partial charge in [0.25, 0.3) is 0 Å². The van der Waals surface area contributed by atoms with Crippen LogP contribution in [0.1, 0.15) is 45.4 Å². The predicted octanol–water partition coefficient (Wildman–Crippen LogP) is 5.37. The number of nitrogens with one attached hydrogen (secondary N) is 1. The lowest BCUT2D eigenvalue weighted by Gasteiger charge is -2.38. The molecule has 0 unspecified atom stereocenters. The third-order valence-corrected chi connectivity index (χ3v) is 5.96. The van der Waals surface area contributed by atoms with Gasteiger partial charge in [0.1, 0.15) is 0 Å². The Morgan fingerprint density at radius 3 is 2.68 bits per heavy atom. The number of esters is 1. The topological polar surface area (TPSA) is 38.3 Å². The summed E-state index contributed by atoms with van der Waals surface area (Å²) in [5.74, 6) is 0.596. The molecular weight excluding hydrogens is 378 g/mol. The van der Waals surface area contributed by atoms with Crippen LogP contribution in [-0.2, 0) is 4.74 Å². The number of ether oxygens (including phenoxy) is 1. The van der Waals surface area contributed by atoms with Crippen LogP contribution >= 0.6 is 15.9 Å². The summed E-state index contributed by atoms with van der Waals surface area (Å²) in [6, 6.07) is 12.7. The molecule has 128 valence electrons. The average molecular weight is 398 g/mol. The number of hydrogen-bond acceptors (Lipinski definition) is 3. The van der Waals surface area contributed by atoms with Crippen molar-refractivity contribution in [2.75, 3.05) is 12.4 Å². The smallest absolute Gasteiger partial charge is 0.338 e. The van der Waals surface area contributed by atoms with E-state index >= 15 is 0 Å². The summed E-state index contributed by atoms with van der Waals surface area (Å²) >= 11 is 3.51. The molecule has 0 saturated carbocycles. The monoisotopic (exact) mass is 397 g/mol. The maximum absolute atomic E-state index is 12.1. The Morgan fingerprint density at radius 1 is 1.20 bits per heavy atom. The summed E-state index contributed by atoms with van der Waals surface area (Å²) in [5.41, 5.74) is 5.21. The van der Waals surface area contributed by atoms with E-state index in [2.05, 4.69) is 63.7 Å². The predicted molar refractivity (Wildman–Crippen MR) is 103 cm³/mol. The lowest BCUT2D eigenvalue weighted by atomic mass is 9.76. The fraction of sp³-hybridized carbons (Fsp3) is 0.286. The summed E-state index contributed by atoms with van der Waals surface area (Å²) in [6.07, 6.45) is 5.66. The van der Waals surface area contributed by atoms with Crippen molar-refractivity contribution in [2.24, 2.45) is 5.92 Å². The number of anilines is 1. The van der Waals surface area contributed by atoms with E-state index in [4.69, 9.17) is 4.74 Å². The molecule has 0 amide bonds. The highest BCUT2D eigenvalue weighted by Crippen LogP contribution is 2.51. The number of carbonyl (C=O) groups excluding carboxylic acids is 1. The molecule has 2 aliphatic rings. The fourth-order valence-corrected chi connectivity index (χ4v) is 4.41. The van der Waals surface area contributed by atoms with Gasteiger partial charge >= 0.3 is 5.97 Å². The number of methoxy groups -OCH3 is 1. The molecule has 2 aromatic rings. The Bertz CT molecular complexity index is 857. The van der Waals surface area contributed by atoms with E-state index in [9.17, 15) is 4.79 Å². The van der Waals surface area contributed by atoms with Crippen LogP contribution in [0.2, 0.25) is 0 Å². The van der Waals surface area contributed by atoms with E-state index in [1.54, 1.807) is 0 Å². The van der Waals surface area contributed by atoms with E-state index in [-0.39, 0.29) is 12.0 Å². The van der Waals surface area contributed by atoms with Crippen LogP contribution in [0.5, 0.6) is 0 Å². The van der Waals surface area contributed by atoms with Crippen molar-refractivity contribution in [3.8, 4) is 0 Å². The highest BCUT2D eigenvalue weighted by atomic mass is 79.9. The Hall–Kier alpha value is -2.07. The first-order valence-electron chi connectivity index (χ1n) is 8.50. The Labute approximate surface area is 156 Å². The molecule has 0 aromatic heterocycles. The van der Waals surface area contributed by atoms with Gasteiger partial charge in [-0.1, -0.05) is 46.3 Å². The standard InChI is InChI=1S/C21H20BrNO2/c1-12-15(21(24)25-2)10-11-18-16-4-3-5-17(16)20(23-19(12)18)13-6-8-14(22)9-7-13/h3-4,6-11,16-17,20,23H,5H2,1-2H3/t16-,17-,20-/m0/s1. The number of halogens is 1. The quantitative estimate of drug-likeness (QED) is 0.546. The van der Waals surface area contributed by atoms with E-state index in [0.717, 1.165) is 22.1 Å².